The van der Waals surface area contributed by atoms with Gasteiger partial charge in [-0.05, 0) is 49.8 Å². The van der Waals surface area contributed by atoms with E-state index in [-0.39, 0.29) is 29.6 Å². The smallest absolute Gasteiger partial charge is 0.241 e. The number of nitrogens with zero attached hydrogens (tertiary/aromatic N) is 1. The predicted octanol–water partition coefficient (Wildman–Crippen LogP) is 3.35. The first-order valence-corrected chi connectivity index (χ1v) is 7.65. The summed E-state index contributed by atoms with van der Waals surface area (Å²) in [7, 11) is 0. The summed E-state index contributed by atoms with van der Waals surface area (Å²) in [5.41, 5.74) is 0.955. The highest BCUT2D eigenvalue weighted by molar-refractivity contribution is 6.32. The zero-order chi connectivity index (χ0) is 14.9. The molecule has 3 nitrogen and oxygen atoms in total. The molecule has 1 saturated carbocycles. The molecule has 0 aromatic heterocycles. The Labute approximate surface area is 128 Å². The first kappa shape index (κ1) is 13.1. The molecule has 21 heavy (non-hydrogen) atoms. The summed E-state index contributed by atoms with van der Waals surface area (Å²) in [5, 5.41) is 0.580. The molecule has 4 atom stereocenters. The van der Waals surface area contributed by atoms with Crippen molar-refractivity contribution in [2.45, 2.75) is 20.3 Å². The molecule has 1 saturated heterocycles. The SMILES string of the molecule is Cc1ccc(N2C(=O)[C@@H]3[C@@H]4C=C[C@@H](C4)[C@@]3(C)C2=O)cc1Cl. The van der Waals surface area contributed by atoms with E-state index in [4.69, 9.17) is 11.6 Å². The van der Waals surface area contributed by atoms with Gasteiger partial charge in [0.05, 0.1) is 17.0 Å². The van der Waals surface area contributed by atoms with E-state index in [9.17, 15) is 9.59 Å². The van der Waals surface area contributed by atoms with Gasteiger partial charge in [0, 0.05) is 5.02 Å². The molecule has 0 unspecified atom stereocenters. The lowest BCUT2D eigenvalue weighted by Crippen LogP contribution is -2.37. The van der Waals surface area contributed by atoms with Crippen LogP contribution in [0.15, 0.2) is 30.4 Å². The molecule has 0 radical (unpaired) electrons. The number of fused-ring (bicyclic) bond motifs is 5. The number of carbonyl (C=O) groups is 2. The average Bonchev–Trinajstić information content (AvgIpc) is 3.07. The second-order valence-corrected chi connectivity index (χ2v) is 6.97. The molecule has 0 spiro atoms. The molecule has 4 heteroatoms. The average molecular weight is 302 g/mol. The van der Waals surface area contributed by atoms with E-state index in [0.717, 1.165) is 12.0 Å². The van der Waals surface area contributed by atoms with E-state index in [1.54, 1.807) is 12.1 Å². The van der Waals surface area contributed by atoms with Gasteiger partial charge in [0.2, 0.25) is 11.8 Å². The predicted molar refractivity (Wildman–Crippen MR) is 81.0 cm³/mol. The molecular weight excluding hydrogens is 286 g/mol. The molecule has 1 aromatic rings. The molecule has 3 aliphatic rings. The molecule has 2 amide bonds. The number of halogens is 1. The fraction of sp³-hybridized carbons (Fsp3) is 0.412. The van der Waals surface area contributed by atoms with Crippen LogP contribution < -0.4 is 4.90 Å². The van der Waals surface area contributed by atoms with Crippen LogP contribution in [-0.2, 0) is 9.59 Å². The van der Waals surface area contributed by atoms with Crippen LogP contribution in [0, 0.1) is 30.1 Å². The second kappa shape index (κ2) is 3.98. The maximum Gasteiger partial charge on any atom is 0.241 e. The number of anilines is 1. The Morgan fingerprint density at radius 1 is 1.29 bits per heavy atom. The summed E-state index contributed by atoms with van der Waals surface area (Å²) in [6.45, 7) is 3.85. The Balaban J connectivity index is 1.81. The lowest BCUT2D eigenvalue weighted by molar-refractivity contribution is -0.127. The topological polar surface area (TPSA) is 37.4 Å². The fourth-order valence-corrected chi connectivity index (χ4v) is 4.45. The molecule has 2 aliphatic carbocycles. The summed E-state index contributed by atoms with van der Waals surface area (Å²) >= 11 is 6.15. The van der Waals surface area contributed by atoms with Crippen molar-refractivity contribution < 1.29 is 9.59 Å². The van der Waals surface area contributed by atoms with E-state index in [1.165, 1.54) is 4.90 Å². The Morgan fingerprint density at radius 2 is 2.05 bits per heavy atom. The maximum absolute atomic E-state index is 12.9. The minimum atomic E-state index is -0.576. The highest BCUT2D eigenvalue weighted by atomic mass is 35.5. The number of rotatable bonds is 1. The molecule has 1 aliphatic heterocycles. The quantitative estimate of drug-likeness (QED) is 0.589. The number of allylic oxidation sites excluding steroid dienone is 2. The lowest BCUT2D eigenvalue weighted by Gasteiger charge is -2.28. The van der Waals surface area contributed by atoms with Crippen molar-refractivity contribution in [3.8, 4) is 0 Å². The molecule has 2 fully saturated rings. The van der Waals surface area contributed by atoms with Crippen molar-refractivity contribution in [3.63, 3.8) is 0 Å². The summed E-state index contributed by atoms with van der Waals surface area (Å²) in [4.78, 5) is 27.1. The highest BCUT2D eigenvalue weighted by Crippen LogP contribution is 2.60. The third kappa shape index (κ3) is 1.45. The first-order valence-electron chi connectivity index (χ1n) is 7.27. The van der Waals surface area contributed by atoms with E-state index < -0.39 is 5.41 Å². The largest absolute Gasteiger partial charge is 0.274 e. The third-order valence-corrected chi connectivity index (χ3v) is 5.93. The number of hydrogen-bond acceptors (Lipinski definition) is 2. The van der Waals surface area contributed by atoms with Gasteiger partial charge in [-0.15, -0.1) is 0 Å². The number of imide groups is 1. The molecule has 2 bridgehead atoms. The van der Waals surface area contributed by atoms with Crippen LogP contribution in [0.25, 0.3) is 0 Å². The van der Waals surface area contributed by atoms with Crippen molar-refractivity contribution in [1.29, 1.82) is 0 Å². The van der Waals surface area contributed by atoms with Gasteiger partial charge in [0.1, 0.15) is 0 Å². The van der Waals surface area contributed by atoms with Gasteiger partial charge in [-0.2, -0.15) is 0 Å². The lowest BCUT2D eigenvalue weighted by atomic mass is 9.71. The minimum absolute atomic E-state index is 0.0701. The van der Waals surface area contributed by atoms with Crippen LogP contribution in [0.3, 0.4) is 0 Å². The van der Waals surface area contributed by atoms with Gasteiger partial charge in [-0.3, -0.25) is 9.59 Å². The molecule has 1 aromatic carbocycles. The van der Waals surface area contributed by atoms with Gasteiger partial charge in [0.15, 0.2) is 0 Å². The molecular formula is C17H16ClNO2. The molecule has 1 heterocycles. The Kier molecular flexibility index (Phi) is 2.48. The van der Waals surface area contributed by atoms with E-state index in [2.05, 4.69) is 12.2 Å². The van der Waals surface area contributed by atoms with Crippen molar-refractivity contribution in [1.82, 2.24) is 0 Å². The van der Waals surface area contributed by atoms with Gasteiger partial charge >= 0.3 is 0 Å². The second-order valence-electron chi connectivity index (χ2n) is 6.56. The zero-order valence-electron chi connectivity index (χ0n) is 12.0. The minimum Gasteiger partial charge on any atom is -0.274 e. The fourth-order valence-electron chi connectivity index (χ4n) is 4.27. The van der Waals surface area contributed by atoms with Crippen LogP contribution in [0.1, 0.15) is 18.9 Å². The molecule has 0 N–H and O–H groups in total. The Hall–Kier alpha value is -1.61. The van der Waals surface area contributed by atoms with Gasteiger partial charge in [-0.1, -0.05) is 29.8 Å². The van der Waals surface area contributed by atoms with Crippen LogP contribution in [0.2, 0.25) is 5.02 Å². The normalized spacial score (nSPS) is 36.7. The Bertz CT molecular complexity index is 711. The van der Waals surface area contributed by atoms with E-state index in [0.29, 0.717) is 10.7 Å². The van der Waals surface area contributed by atoms with Crippen molar-refractivity contribution in [2.75, 3.05) is 4.90 Å². The summed E-state index contributed by atoms with van der Waals surface area (Å²) in [6, 6.07) is 5.37. The van der Waals surface area contributed by atoms with Gasteiger partial charge in [-0.25, -0.2) is 4.90 Å². The van der Waals surface area contributed by atoms with Gasteiger partial charge in [0.25, 0.3) is 0 Å². The number of aryl methyl sites for hydroxylation is 1. The summed E-state index contributed by atoms with van der Waals surface area (Å²) in [5.74, 6) is 0.0471. The van der Waals surface area contributed by atoms with Crippen molar-refractivity contribution in [2.24, 2.45) is 23.2 Å². The first-order chi connectivity index (χ1) is 9.94. The van der Waals surface area contributed by atoms with Crippen LogP contribution in [-0.4, -0.2) is 11.8 Å². The Morgan fingerprint density at radius 3 is 2.71 bits per heavy atom. The summed E-state index contributed by atoms with van der Waals surface area (Å²) in [6.07, 6.45) is 5.15. The van der Waals surface area contributed by atoms with E-state index >= 15 is 0 Å². The van der Waals surface area contributed by atoms with Gasteiger partial charge < -0.3 is 0 Å². The van der Waals surface area contributed by atoms with Crippen LogP contribution >= 0.6 is 11.6 Å². The monoisotopic (exact) mass is 301 g/mol. The standard InChI is InChI=1S/C17H16ClNO2/c1-9-3-6-12(8-13(9)18)19-15(20)14-10-4-5-11(7-10)17(14,2)16(19)21/h3-6,8,10-11,14H,7H2,1-2H3/t10-,11+,14+,17-/m1/s1. The molecule has 4 rings (SSSR count). The number of benzene rings is 1. The van der Waals surface area contributed by atoms with Crippen LogP contribution in [0.5, 0.6) is 0 Å². The van der Waals surface area contributed by atoms with E-state index in [1.807, 2.05) is 19.9 Å². The number of amides is 2. The number of hydrogen-bond donors (Lipinski definition) is 0. The third-order valence-electron chi connectivity index (χ3n) is 5.53. The maximum atomic E-state index is 12.9. The van der Waals surface area contributed by atoms with Crippen molar-refractivity contribution in [3.05, 3.63) is 40.9 Å². The highest BCUT2D eigenvalue weighted by Gasteiger charge is 2.67. The summed E-state index contributed by atoms with van der Waals surface area (Å²) < 4.78 is 0. The zero-order valence-corrected chi connectivity index (χ0v) is 12.7. The van der Waals surface area contributed by atoms with Crippen molar-refractivity contribution >= 4 is 29.1 Å². The number of carbonyl (C=O) groups excluding carboxylic acids is 2. The van der Waals surface area contributed by atoms with Crippen LogP contribution in [0.4, 0.5) is 5.69 Å². The molecule has 108 valence electrons.